The summed E-state index contributed by atoms with van der Waals surface area (Å²) in [6.07, 6.45) is 2.32. The van der Waals surface area contributed by atoms with Gasteiger partial charge in [-0.05, 0) is 51.1 Å². The molecule has 1 aromatic heterocycles. The average molecular weight is 378 g/mol. The molecule has 140 valence electrons. The Hall–Kier alpha value is -2.18. The Kier molecular flexibility index (Phi) is 5.74. The molecule has 0 spiro atoms. The fraction of sp³-hybridized carbons (Fsp3) is 0.421. The van der Waals surface area contributed by atoms with E-state index in [4.69, 9.17) is 26.5 Å². The Morgan fingerprint density at radius 1 is 1.38 bits per heavy atom. The Bertz CT molecular complexity index is 784. The van der Waals surface area contributed by atoms with E-state index in [-0.39, 0.29) is 11.9 Å². The van der Waals surface area contributed by atoms with E-state index in [1.165, 1.54) is 13.2 Å². The van der Waals surface area contributed by atoms with Crippen LogP contribution in [0.1, 0.15) is 40.8 Å². The highest BCUT2D eigenvalue weighted by Gasteiger charge is 2.27. The van der Waals surface area contributed by atoms with Crippen molar-refractivity contribution >= 4 is 23.2 Å². The van der Waals surface area contributed by atoms with Crippen molar-refractivity contribution < 1.29 is 13.9 Å². The van der Waals surface area contributed by atoms with Crippen LogP contribution in [-0.2, 0) is 0 Å². The summed E-state index contributed by atoms with van der Waals surface area (Å²) in [6.45, 7) is 4.36. The van der Waals surface area contributed by atoms with Crippen molar-refractivity contribution in [3.8, 4) is 5.75 Å². The molecule has 2 heterocycles. The van der Waals surface area contributed by atoms with Gasteiger partial charge in [-0.15, -0.1) is 0 Å². The number of nitrogen functional groups attached to an aromatic ring is 1. The van der Waals surface area contributed by atoms with Crippen LogP contribution in [0.15, 0.2) is 28.7 Å². The Morgan fingerprint density at radius 3 is 2.73 bits per heavy atom. The second-order valence-corrected chi connectivity index (χ2v) is 6.90. The van der Waals surface area contributed by atoms with Crippen LogP contribution in [0.3, 0.4) is 0 Å². The number of nitrogens with zero attached hydrogens (tertiary/aromatic N) is 1. The van der Waals surface area contributed by atoms with E-state index in [1.807, 2.05) is 19.1 Å². The summed E-state index contributed by atoms with van der Waals surface area (Å²) in [6, 6.07) is 7.03. The topological polar surface area (TPSA) is 80.7 Å². The van der Waals surface area contributed by atoms with Gasteiger partial charge < -0.3 is 20.2 Å². The maximum atomic E-state index is 12.7. The van der Waals surface area contributed by atoms with Crippen molar-refractivity contribution in [1.29, 1.82) is 0 Å². The second-order valence-electron chi connectivity index (χ2n) is 6.49. The minimum atomic E-state index is -0.253. The highest BCUT2D eigenvalue weighted by atomic mass is 35.5. The van der Waals surface area contributed by atoms with Gasteiger partial charge in [0.1, 0.15) is 17.3 Å². The molecule has 1 unspecified atom stereocenters. The molecular formula is C19H24ClN3O3. The van der Waals surface area contributed by atoms with E-state index >= 15 is 0 Å². The molecule has 1 aromatic carbocycles. The molecule has 1 aliphatic heterocycles. The molecular weight excluding hydrogens is 354 g/mol. The molecule has 26 heavy (non-hydrogen) atoms. The van der Waals surface area contributed by atoms with Crippen molar-refractivity contribution in [2.75, 3.05) is 32.5 Å². The van der Waals surface area contributed by atoms with Crippen LogP contribution in [-0.4, -0.2) is 37.6 Å². The van der Waals surface area contributed by atoms with E-state index in [0.29, 0.717) is 28.6 Å². The molecule has 7 heteroatoms. The fourth-order valence-corrected chi connectivity index (χ4v) is 3.46. The summed E-state index contributed by atoms with van der Waals surface area (Å²) in [5.41, 5.74) is 6.53. The molecule has 1 saturated heterocycles. The van der Waals surface area contributed by atoms with E-state index in [9.17, 15) is 4.79 Å². The summed E-state index contributed by atoms with van der Waals surface area (Å²) in [4.78, 5) is 15.0. The normalized spacial score (nSPS) is 15.8. The number of carbonyl (C=O) groups is 1. The van der Waals surface area contributed by atoms with Gasteiger partial charge in [-0.2, -0.15) is 0 Å². The zero-order valence-corrected chi connectivity index (χ0v) is 15.8. The number of hydrogen-bond acceptors (Lipinski definition) is 5. The Morgan fingerprint density at radius 2 is 2.12 bits per heavy atom. The highest BCUT2D eigenvalue weighted by molar-refractivity contribution is 6.33. The molecule has 1 amide bonds. The number of aryl methyl sites for hydroxylation is 1. The Labute approximate surface area is 158 Å². The van der Waals surface area contributed by atoms with Gasteiger partial charge in [0.25, 0.3) is 5.91 Å². The van der Waals surface area contributed by atoms with Crippen LogP contribution in [0, 0.1) is 6.92 Å². The first-order valence-electron chi connectivity index (χ1n) is 8.71. The smallest absolute Gasteiger partial charge is 0.255 e. The van der Waals surface area contributed by atoms with Crippen LogP contribution in [0.5, 0.6) is 5.75 Å². The molecule has 0 aliphatic carbocycles. The summed E-state index contributed by atoms with van der Waals surface area (Å²) in [5.74, 6) is 1.88. The van der Waals surface area contributed by atoms with E-state index < -0.39 is 0 Å². The molecule has 1 aliphatic rings. The monoisotopic (exact) mass is 377 g/mol. The van der Waals surface area contributed by atoms with Crippen molar-refractivity contribution in [3.05, 3.63) is 46.4 Å². The standard InChI is InChI=1S/C19H24ClN3O3/c1-12-5-6-17(26-12)16(23-7-3-4-8-23)11-22-19(24)13-9-14(20)15(21)10-18(13)25-2/h5-6,9-10,16H,3-4,7-8,11,21H2,1-2H3,(H,22,24). The number of furan rings is 1. The molecule has 3 rings (SSSR count). The number of likely N-dealkylation sites (tertiary alicyclic amines) is 1. The first-order valence-corrected chi connectivity index (χ1v) is 9.09. The lowest BCUT2D eigenvalue weighted by molar-refractivity contribution is 0.0930. The SMILES string of the molecule is COc1cc(N)c(Cl)cc1C(=O)NCC(c1ccc(C)o1)N1CCCC1. The predicted molar refractivity (Wildman–Crippen MR) is 102 cm³/mol. The third-order valence-corrected chi connectivity index (χ3v) is 5.02. The van der Waals surface area contributed by atoms with Crippen LogP contribution >= 0.6 is 11.6 Å². The van der Waals surface area contributed by atoms with Gasteiger partial charge in [0, 0.05) is 12.6 Å². The van der Waals surface area contributed by atoms with Gasteiger partial charge in [0.15, 0.2) is 0 Å². The molecule has 3 N–H and O–H groups in total. The lowest BCUT2D eigenvalue weighted by atomic mass is 10.1. The summed E-state index contributed by atoms with van der Waals surface area (Å²) in [5, 5.41) is 3.31. The average Bonchev–Trinajstić information content (AvgIpc) is 3.29. The van der Waals surface area contributed by atoms with Crippen molar-refractivity contribution in [3.63, 3.8) is 0 Å². The van der Waals surface area contributed by atoms with E-state index in [2.05, 4.69) is 10.2 Å². The Balaban J connectivity index is 1.76. The van der Waals surface area contributed by atoms with Gasteiger partial charge >= 0.3 is 0 Å². The van der Waals surface area contributed by atoms with Crippen LogP contribution < -0.4 is 15.8 Å². The lowest BCUT2D eigenvalue weighted by Gasteiger charge is -2.26. The maximum absolute atomic E-state index is 12.7. The quantitative estimate of drug-likeness (QED) is 0.754. The van der Waals surface area contributed by atoms with Crippen molar-refractivity contribution in [2.45, 2.75) is 25.8 Å². The van der Waals surface area contributed by atoms with E-state index in [1.54, 1.807) is 6.07 Å². The first kappa shape index (κ1) is 18.6. The van der Waals surface area contributed by atoms with Crippen LogP contribution in [0.4, 0.5) is 5.69 Å². The second kappa shape index (κ2) is 8.01. The van der Waals surface area contributed by atoms with Gasteiger partial charge in [-0.25, -0.2) is 0 Å². The zero-order chi connectivity index (χ0) is 18.7. The van der Waals surface area contributed by atoms with Crippen LogP contribution in [0.25, 0.3) is 0 Å². The van der Waals surface area contributed by atoms with Crippen LogP contribution in [0.2, 0.25) is 5.02 Å². The highest BCUT2D eigenvalue weighted by Crippen LogP contribution is 2.30. The van der Waals surface area contributed by atoms with Crippen molar-refractivity contribution in [1.82, 2.24) is 10.2 Å². The first-order chi connectivity index (χ1) is 12.5. The molecule has 0 radical (unpaired) electrons. The largest absolute Gasteiger partial charge is 0.496 e. The fourth-order valence-electron chi connectivity index (χ4n) is 3.30. The minimum absolute atomic E-state index is 0.00500. The number of carbonyl (C=O) groups excluding carboxylic acids is 1. The third-order valence-electron chi connectivity index (χ3n) is 4.69. The number of nitrogens with one attached hydrogen (secondary N) is 1. The molecule has 0 saturated carbocycles. The number of anilines is 1. The van der Waals surface area contributed by atoms with Gasteiger partial charge in [-0.1, -0.05) is 11.6 Å². The lowest BCUT2D eigenvalue weighted by Crippen LogP contribution is -2.36. The number of halogens is 1. The number of benzene rings is 1. The molecule has 1 atom stereocenters. The number of nitrogens with two attached hydrogens (primary N) is 1. The van der Waals surface area contributed by atoms with Gasteiger partial charge in [-0.3, -0.25) is 9.69 Å². The molecule has 1 fully saturated rings. The maximum Gasteiger partial charge on any atom is 0.255 e. The number of amides is 1. The number of rotatable bonds is 6. The van der Waals surface area contributed by atoms with Crippen molar-refractivity contribution in [2.24, 2.45) is 0 Å². The predicted octanol–water partition coefficient (Wildman–Crippen LogP) is 3.40. The van der Waals surface area contributed by atoms with Gasteiger partial charge in [0.2, 0.25) is 0 Å². The van der Waals surface area contributed by atoms with E-state index in [0.717, 1.165) is 37.5 Å². The number of hydrogen-bond donors (Lipinski definition) is 2. The number of ether oxygens (including phenoxy) is 1. The summed E-state index contributed by atoms with van der Waals surface area (Å²) in [7, 11) is 1.50. The third kappa shape index (κ3) is 3.97. The minimum Gasteiger partial charge on any atom is -0.496 e. The molecule has 6 nitrogen and oxygen atoms in total. The summed E-state index contributed by atoms with van der Waals surface area (Å²) >= 11 is 6.07. The number of methoxy groups -OCH3 is 1. The summed E-state index contributed by atoms with van der Waals surface area (Å²) < 4.78 is 11.1. The molecule has 0 bridgehead atoms. The molecule has 2 aromatic rings. The van der Waals surface area contributed by atoms with Gasteiger partial charge in [0.05, 0.1) is 29.4 Å². The zero-order valence-electron chi connectivity index (χ0n) is 15.0.